The Labute approximate surface area is 224 Å². The number of nitrogens with one attached hydrogen (secondary N) is 1. The van der Waals surface area contributed by atoms with Crippen LogP contribution in [0.15, 0.2) is 47.3 Å². The molecule has 11 nitrogen and oxygen atoms in total. The summed E-state index contributed by atoms with van der Waals surface area (Å²) in [6, 6.07) is 11.3. The smallest absolute Gasteiger partial charge is 0.409 e. The summed E-state index contributed by atoms with van der Waals surface area (Å²) in [5.74, 6) is 0.519. The second-order valence-corrected chi connectivity index (χ2v) is 8.76. The van der Waals surface area contributed by atoms with Crippen LogP contribution in [0.1, 0.15) is 24.6 Å². The van der Waals surface area contributed by atoms with E-state index < -0.39 is 5.56 Å². The number of amides is 2. The number of benzene rings is 2. The maximum Gasteiger partial charge on any atom is 0.409 e. The summed E-state index contributed by atoms with van der Waals surface area (Å²) in [7, 11) is 1.47. The lowest BCUT2D eigenvalue weighted by Gasteiger charge is -2.34. The van der Waals surface area contributed by atoms with Crippen LogP contribution in [0.3, 0.4) is 0 Å². The van der Waals surface area contributed by atoms with Crippen molar-refractivity contribution in [1.82, 2.24) is 25.0 Å². The molecule has 1 saturated heterocycles. The van der Waals surface area contributed by atoms with Crippen molar-refractivity contribution in [2.24, 2.45) is 0 Å². The monoisotopic (exact) mass is 539 g/mol. The van der Waals surface area contributed by atoms with Gasteiger partial charge in [0.2, 0.25) is 5.91 Å². The maximum absolute atomic E-state index is 13.9. The molecule has 0 unspecified atom stereocenters. The van der Waals surface area contributed by atoms with Crippen LogP contribution in [0.2, 0.25) is 0 Å². The molecule has 0 atom stereocenters. The highest BCUT2D eigenvalue weighted by molar-refractivity contribution is 5.77. The zero-order chi connectivity index (χ0) is 27.8. The van der Waals surface area contributed by atoms with Crippen molar-refractivity contribution >= 4 is 12.0 Å². The highest BCUT2D eigenvalue weighted by Gasteiger charge is 2.25. The molecule has 2 aromatic carbocycles. The topological polar surface area (TPSA) is 127 Å². The number of aromatic amines is 1. The highest BCUT2D eigenvalue weighted by atomic mass is 19.1. The molecule has 1 aromatic heterocycles. The summed E-state index contributed by atoms with van der Waals surface area (Å²) in [5.41, 5.74) is 0.650. The van der Waals surface area contributed by atoms with Crippen molar-refractivity contribution in [3.8, 4) is 22.9 Å². The van der Waals surface area contributed by atoms with Gasteiger partial charge in [-0.15, -0.1) is 10.2 Å². The Morgan fingerprint density at radius 2 is 1.77 bits per heavy atom. The number of piperazine rings is 1. The Morgan fingerprint density at radius 1 is 1.03 bits per heavy atom. The van der Waals surface area contributed by atoms with E-state index in [-0.39, 0.29) is 48.8 Å². The van der Waals surface area contributed by atoms with Crippen molar-refractivity contribution in [3.05, 3.63) is 69.9 Å². The molecule has 0 spiro atoms. The van der Waals surface area contributed by atoms with Gasteiger partial charge < -0.3 is 29.0 Å². The number of ether oxygens (including phenoxy) is 3. The first kappa shape index (κ1) is 27.6. The minimum atomic E-state index is -0.446. The van der Waals surface area contributed by atoms with Gasteiger partial charge >= 0.3 is 6.09 Å². The van der Waals surface area contributed by atoms with Crippen LogP contribution < -0.4 is 15.0 Å². The summed E-state index contributed by atoms with van der Waals surface area (Å²) < 4.78 is 30.0. The third-order valence-corrected chi connectivity index (χ3v) is 6.28. The Hall–Kier alpha value is -4.48. The quantitative estimate of drug-likeness (QED) is 0.440. The minimum Gasteiger partial charge on any atom is -0.493 e. The van der Waals surface area contributed by atoms with Crippen LogP contribution >= 0.6 is 0 Å². The van der Waals surface area contributed by atoms with E-state index in [0.717, 1.165) is 0 Å². The number of hydrogen-bond donors (Lipinski definition) is 1. The lowest BCUT2D eigenvalue weighted by molar-refractivity contribution is -0.132. The summed E-state index contributed by atoms with van der Waals surface area (Å²) >= 11 is 0. The largest absolute Gasteiger partial charge is 0.493 e. The van der Waals surface area contributed by atoms with Gasteiger partial charge in [-0.05, 0) is 31.2 Å². The van der Waals surface area contributed by atoms with Crippen LogP contribution in [0.25, 0.3) is 11.4 Å². The van der Waals surface area contributed by atoms with Gasteiger partial charge in [0.15, 0.2) is 17.3 Å². The number of H-pyrrole nitrogens is 1. The molecule has 0 saturated carbocycles. The number of aromatic nitrogens is 3. The van der Waals surface area contributed by atoms with Gasteiger partial charge in [-0.2, -0.15) is 0 Å². The van der Waals surface area contributed by atoms with E-state index in [1.54, 1.807) is 53.1 Å². The number of carbonyl (C=O) groups excluding carboxylic acids is 2. The lowest BCUT2D eigenvalue weighted by atomic mass is 10.1. The number of aryl methyl sites for hydroxylation is 1. The molecule has 0 bridgehead atoms. The molecular formula is C27H30FN5O6. The molecule has 4 rings (SSSR count). The van der Waals surface area contributed by atoms with Crippen molar-refractivity contribution in [3.63, 3.8) is 0 Å². The molecule has 1 N–H and O–H groups in total. The average Bonchev–Trinajstić information content (AvgIpc) is 2.96. The molecule has 12 heteroatoms. The zero-order valence-electron chi connectivity index (χ0n) is 21.8. The molecule has 3 aromatic rings. The molecule has 1 aliphatic rings. The van der Waals surface area contributed by atoms with Crippen molar-refractivity contribution in [2.75, 3.05) is 39.9 Å². The van der Waals surface area contributed by atoms with Gasteiger partial charge in [0.25, 0.3) is 5.56 Å². The van der Waals surface area contributed by atoms with Crippen LogP contribution in [-0.4, -0.2) is 76.9 Å². The van der Waals surface area contributed by atoms with E-state index >= 15 is 0 Å². The zero-order valence-corrected chi connectivity index (χ0v) is 21.8. The fourth-order valence-electron chi connectivity index (χ4n) is 4.10. The molecule has 2 heterocycles. The van der Waals surface area contributed by atoms with Crippen LogP contribution in [0.5, 0.6) is 11.5 Å². The van der Waals surface area contributed by atoms with Gasteiger partial charge in [-0.25, -0.2) is 9.18 Å². The van der Waals surface area contributed by atoms with Crippen LogP contribution in [-0.2, 0) is 22.6 Å². The Kier molecular flexibility index (Phi) is 9.08. The third-order valence-electron chi connectivity index (χ3n) is 6.28. The van der Waals surface area contributed by atoms with E-state index in [0.29, 0.717) is 55.4 Å². The van der Waals surface area contributed by atoms with Crippen LogP contribution in [0.4, 0.5) is 9.18 Å². The van der Waals surface area contributed by atoms with Gasteiger partial charge in [0.1, 0.15) is 18.1 Å². The molecule has 1 fully saturated rings. The number of methoxy groups -OCH3 is 1. The van der Waals surface area contributed by atoms with E-state index in [1.165, 1.54) is 13.2 Å². The molecule has 39 heavy (non-hydrogen) atoms. The predicted octanol–water partition coefficient (Wildman–Crippen LogP) is 2.79. The first-order valence-electron chi connectivity index (χ1n) is 12.6. The lowest BCUT2D eigenvalue weighted by Crippen LogP contribution is -2.50. The second-order valence-electron chi connectivity index (χ2n) is 8.76. The highest BCUT2D eigenvalue weighted by Crippen LogP contribution is 2.31. The molecule has 2 amide bonds. The molecule has 1 aliphatic heterocycles. The van der Waals surface area contributed by atoms with E-state index in [9.17, 15) is 18.8 Å². The van der Waals surface area contributed by atoms with Gasteiger partial charge in [0, 0.05) is 50.1 Å². The van der Waals surface area contributed by atoms with Crippen molar-refractivity contribution in [1.29, 1.82) is 0 Å². The number of carbonyl (C=O) groups is 2. The molecule has 0 aliphatic carbocycles. The van der Waals surface area contributed by atoms with E-state index in [1.807, 2.05) is 0 Å². The average molecular weight is 540 g/mol. The Morgan fingerprint density at radius 3 is 2.46 bits per heavy atom. The second kappa shape index (κ2) is 12.9. The van der Waals surface area contributed by atoms with Gasteiger partial charge in [-0.1, -0.05) is 18.2 Å². The van der Waals surface area contributed by atoms with Crippen molar-refractivity contribution in [2.45, 2.75) is 26.4 Å². The summed E-state index contributed by atoms with van der Waals surface area (Å²) in [5, 5.41) is 8.17. The molecule has 0 radical (unpaired) electrons. The maximum atomic E-state index is 13.9. The normalized spacial score (nSPS) is 13.2. The number of hydrogen-bond acceptors (Lipinski definition) is 8. The fourth-order valence-corrected chi connectivity index (χ4v) is 4.10. The van der Waals surface area contributed by atoms with Gasteiger partial charge in [-0.3, -0.25) is 9.59 Å². The third kappa shape index (κ3) is 6.89. The van der Waals surface area contributed by atoms with Gasteiger partial charge in [0.05, 0.1) is 13.7 Å². The van der Waals surface area contributed by atoms with Crippen LogP contribution in [0, 0.1) is 5.82 Å². The minimum absolute atomic E-state index is 0.0213. The standard InChI is InChI=1S/C27H30FN5O6/c1-3-38-27(36)33-14-12-32(13-15-33)24(34)11-9-21-26(35)29-25(31-30-21)18-8-10-22(23(16-18)37-2)39-17-19-6-4-5-7-20(19)28/h4-8,10,16H,3,9,11-15,17H2,1-2H3,(H,29,31,35). The Bertz CT molecular complexity index is 1370. The summed E-state index contributed by atoms with van der Waals surface area (Å²) in [6.45, 7) is 3.67. The first-order valence-corrected chi connectivity index (χ1v) is 12.6. The predicted molar refractivity (Wildman–Crippen MR) is 139 cm³/mol. The SMILES string of the molecule is CCOC(=O)N1CCN(C(=O)CCc2nnc(-c3ccc(OCc4ccccc4F)c(OC)c3)[nH]c2=O)CC1. The molecular weight excluding hydrogens is 509 g/mol. The number of halogens is 1. The van der Waals surface area contributed by atoms with E-state index in [4.69, 9.17) is 14.2 Å². The molecule has 206 valence electrons. The van der Waals surface area contributed by atoms with E-state index in [2.05, 4.69) is 15.2 Å². The summed E-state index contributed by atoms with van der Waals surface area (Å²) in [6.07, 6.45) is -0.154. The first-order chi connectivity index (χ1) is 18.9. The number of nitrogens with zero attached hydrogens (tertiary/aromatic N) is 4. The fraction of sp³-hybridized carbons (Fsp3) is 0.370. The van der Waals surface area contributed by atoms with Crippen molar-refractivity contribution < 1.29 is 28.2 Å². The Balaban J connectivity index is 1.35. The summed E-state index contributed by atoms with van der Waals surface area (Å²) in [4.78, 5) is 43.0. The number of rotatable bonds is 9.